The van der Waals surface area contributed by atoms with Crippen molar-refractivity contribution in [2.24, 2.45) is 0 Å². The fourth-order valence-corrected chi connectivity index (χ4v) is 3.84. The molecule has 0 saturated carbocycles. The largest absolute Gasteiger partial charge is 1.00 e. The van der Waals surface area contributed by atoms with Gasteiger partial charge in [-0.05, 0) is 61.8 Å². The van der Waals surface area contributed by atoms with E-state index in [9.17, 15) is 36.7 Å². The summed E-state index contributed by atoms with van der Waals surface area (Å²) in [6.45, 7) is 2.88. The highest BCUT2D eigenvalue weighted by molar-refractivity contribution is 6.67. The molecule has 4 rings (SSSR count). The van der Waals surface area contributed by atoms with Gasteiger partial charge in [0.1, 0.15) is 0 Å². The van der Waals surface area contributed by atoms with Crippen molar-refractivity contribution in [1.29, 1.82) is 0 Å². The molecule has 3 N–H and O–H groups in total. The Morgan fingerprint density at radius 2 is 1.00 bits per heavy atom. The third-order valence-electron chi connectivity index (χ3n) is 5.74. The fraction of sp³-hybridized carbons (Fsp3) is 0.125. The van der Waals surface area contributed by atoms with Crippen LogP contribution in [0.4, 0.5) is 28.9 Å². The van der Waals surface area contributed by atoms with Crippen LogP contribution in [0.5, 0.6) is 0 Å². The number of halogens is 6. The zero-order valence-corrected chi connectivity index (χ0v) is 24.9. The number of anilines is 2. The Kier molecular flexibility index (Phi) is 15.5. The highest BCUT2D eigenvalue weighted by Crippen LogP contribution is 2.25. The predicted octanol–water partition coefficient (Wildman–Crippen LogP) is 5.56. The number of benzene rings is 4. The Balaban J connectivity index is 0.000000358. The first kappa shape index (κ1) is 37.5. The van der Waals surface area contributed by atoms with Crippen molar-refractivity contribution >= 4 is 45.7 Å². The van der Waals surface area contributed by atoms with Crippen LogP contribution in [0.15, 0.2) is 97.1 Å². The van der Waals surface area contributed by atoms with Crippen molar-refractivity contribution in [3.63, 3.8) is 0 Å². The minimum absolute atomic E-state index is 0. The lowest BCUT2D eigenvalue weighted by Gasteiger charge is -2.11. The number of Topliss-reactive ketones (excluding diaryl/α,β-unsaturated/α-hetero) is 2. The number of hydrogen-bond donors (Lipinski definition) is 2. The average Bonchev–Trinajstić information content (AvgIpc) is 2.98. The van der Waals surface area contributed by atoms with E-state index in [1.165, 1.54) is 62.4 Å². The van der Waals surface area contributed by atoms with E-state index in [0.717, 1.165) is 0 Å². The van der Waals surface area contributed by atoms with Crippen LogP contribution in [-0.4, -0.2) is 22.7 Å². The van der Waals surface area contributed by atoms with E-state index < -0.39 is 24.0 Å². The maximum absolute atomic E-state index is 12.9. The van der Waals surface area contributed by atoms with Gasteiger partial charge in [-0.25, -0.2) is 17.6 Å². The standard InChI is InChI=1S/C16H13F2NO2.C8H5ClF2O.C8H9NO.ClH/c1-10(20)11-6-4-5-9-14(11)19-16(21)13-8-3-2-7-12(13)15(17)18;9-7(12)5-3-1-2-4-6(5)8(10)11;1-6(10)7-4-2-3-5-8(7)9;/h2-9,15H,1H3,(H,19,21);1-4,8H;2-5H,9H2,1H3;1H/p-1. The summed E-state index contributed by atoms with van der Waals surface area (Å²) in [7, 11) is 0. The van der Waals surface area contributed by atoms with Gasteiger partial charge in [-0.2, -0.15) is 0 Å². The molecule has 0 heterocycles. The molecule has 1 amide bonds. The zero-order chi connectivity index (χ0) is 32.1. The number of nitrogens with one attached hydrogen (secondary N) is 1. The second-order valence-corrected chi connectivity index (χ2v) is 9.09. The maximum Gasteiger partial charge on any atom is 0.264 e. The number of para-hydroxylation sites is 2. The quantitative estimate of drug-likeness (QED) is 0.118. The van der Waals surface area contributed by atoms with Gasteiger partial charge >= 0.3 is 0 Å². The molecule has 4 aromatic rings. The fourth-order valence-electron chi connectivity index (χ4n) is 3.67. The van der Waals surface area contributed by atoms with Gasteiger partial charge < -0.3 is 23.5 Å². The lowest BCUT2D eigenvalue weighted by Crippen LogP contribution is -3.00. The number of hydrogen-bond acceptors (Lipinski definition) is 5. The molecule has 0 aromatic heterocycles. The number of carbonyl (C=O) groups is 4. The van der Waals surface area contributed by atoms with Crippen LogP contribution in [0, 0.1) is 0 Å². The molecular weight excluding hydrogens is 623 g/mol. The maximum atomic E-state index is 12.9. The normalized spacial score (nSPS) is 9.93. The van der Waals surface area contributed by atoms with Crippen molar-refractivity contribution in [2.75, 3.05) is 11.1 Å². The van der Waals surface area contributed by atoms with Gasteiger partial charge in [-0.15, -0.1) is 0 Å². The Morgan fingerprint density at radius 1 is 0.614 bits per heavy atom. The molecule has 6 nitrogen and oxygen atoms in total. The molecule has 0 aliphatic heterocycles. The van der Waals surface area contributed by atoms with Crippen molar-refractivity contribution in [1.82, 2.24) is 0 Å². The van der Waals surface area contributed by atoms with E-state index in [1.54, 1.807) is 42.5 Å². The number of nitrogens with two attached hydrogens (primary N) is 1. The number of amides is 1. The molecule has 12 heteroatoms. The average molecular weight is 650 g/mol. The summed E-state index contributed by atoms with van der Waals surface area (Å²) in [6, 6.07) is 24.4. The van der Waals surface area contributed by atoms with E-state index in [-0.39, 0.29) is 46.2 Å². The molecule has 44 heavy (non-hydrogen) atoms. The molecule has 0 bridgehead atoms. The monoisotopic (exact) mass is 649 g/mol. The molecule has 0 saturated heterocycles. The molecule has 232 valence electrons. The van der Waals surface area contributed by atoms with Gasteiger partial charge in [0.05, 0.1) is 5.69 Å². The van der Waals surface area contributed by atoms with Gasteiger partial charge in [-0.1, -0.05) is 60.7 Å². The van der Waals surface area contributed by atoms with Gasteiger partial charge in [0.15, 0.2) is 11.6 Å². The van der Waals surface area contributed by atoms with Crippen LogP contribution < -0.4 is 23.5 Å². The first-order chi connectivity index (χ1) is 20.3. The van der Waals surface area contributed by atoms with Crippen molar-refractivity contribution in [3.8, 4) is 0 Å². The van der Waals surface area contributed by atoms with Crippen LogP contribution in [0.1, 0.15) is 79.3 Å². The summed E-state index contributed by atoms with van der Waals surface area (Å²) in [4.78, 5) is 45.0. The molecule has 4 aromatic carbocycles. The second kappa shape index (κ2) is 18.2. The van der Waals surface area contributed by atoms with Gasteiger partial charge in [0.25, 0.3) is 24.0 Å². The van der Waals surface area contributed by atoms with Crippen LogP contribution in [0.3, 0.4) is 0 Å². The molecule has 0 aliphatic rings. The topological polar surface area (TPSA) is 106 Å². The van der Waals surface area contributed by atoms with Gasteiger partial charge in [0, 0.05) is 39.1 Å². The summed E-state index contributed by atoms with van der Waals surface area (Å²) in [6.07, 6.45) is -5.40. The molecule has 0 fully saturated rings. The number of carbonyl (C=O) groups excluding carboxylic acids is 4. The van der Waals surface area contributed by atoms with Crippen molar-refractivity contribution in [3.05, 3.63) is 130 Å². The molecule has 0 radical (unpaired) electrons. The number of nitrogen functional groups attached to an aromatic ring is 1. The van der Waals surface area contributed by atoms with E-state index in [0.29, 0.717) is 22.5 Å². The van der Waals surface area contributed by atoms with Crippen LogP contribution in [0.2, 0.25) is 0 Å². The van der Waals surface area contributed by atoms with E-state index in [4.69, 9.17) is 17.3 Å². The molecule has 0 unspecified atom stereocenters. The summed E-state index contributed by atoms with van der Waals surface area (Å²) in [5.41, 5.74) is 6.39. The Labute approximate surface area is 262 Å². The summed E-state index contributed by atoms with van der Waals surface area (Å²) in [5.74, 6) is -0.870. The molecule has 0 spiro atoms. The van der Waals surface area contributed by atoms with Crippen LogP contribution >= 0.6 is 11.6 Å². The van der Waals surface area contributed by atoms with E-state index >= 15 is 0 Å². The number of rotatable bonds is 7. The highest BCUT2D eigenvalue weighted by Gasteiger charge is 2.19. The zero-order valence-electron chi connectivity index (χ0n) is 23.4. The smallest absolute Gasteiger partial charge is 0.264 e. The van der Waals surface area contributed by atoms with Crippen LogP contribution in [0.25, 0.3) is 0 Å². The van der Waals surface area contributed by atoms with Crippen LogP contribution in [-0.2, 0) is 0 Å². The Bertz CT molecular complexity index is 1600. The number of alkyl halides is 4. The SMILES string of the molecule is CC(=O)c1ccccc1N.CC(=O)c1ccccc1NC(=O)c1ccccc1C(F)F.O=C(Cl)c1ccccc1C(F)F.[Cl-]. The van der Waals surface area contributed by atoms with E-state index in [2.05, 4.69) is 5.32 Å². The van der Waals surface area contributed by atoms with Gasteiger partial charge in [-0.3, -0.25) is 19.2 Å². The minimum atomic E-state index is -2.74. The summed E-state index contributed by atoms with van der Waals surface area (Å²) in [5, 5.41) is 1.65. The second-order valence-electron chi connectivity index (χ2n) is 8.75. The Morgan fingerprint density at radius 3 is 1.41 bits per heavy atom. The molecule has 0 aliphatic carbocycles. The first-order valence-corrected chi connectivity index (χ1v) is 12.9. The Hall–Kier alpha value is -4.54. The number of ketones is 2. The molecular formula is C32H27Cl2F4N2O4-. The van der Waals surface area contributed by atoms with E-state index in [1.807, 2.05) is 6.07 Å². The lowest BCUT2D eigenvalue weighted by molar-refractivity contribution is -0.0000440. The first-order valence-electron chi connectivity index (χ1n) is 12.6. The third kappa shape index (κ3) is 10.9. The minimum Gasteiger partial charge on any atom is -1.00 e. The van der Waals surface area contributed by atoms with Crippen molar-refractivity contribution < 1.29 is 49.1 Å². The van der Waals surface area contributed by atoms with Gasteiger partial charge in [0.2, 0.25) is 0 Å². The molecule has 0 atom stereocenters. The highest BCUT2D eigenvalue weighted by atomic mass is 35.5. The third-order valence-corrected chi connectivity index (χ3v) is 5.95. The predicted molar refractivity (Wildman–Crippen MR) is 158 cm³/mol. The summed E-state index contributed by atoms with van der Waals surface area (Å²) >= 11 is 5.08. The lowest BCUT2D eigenvalue weighted by atomic mass is 10.1. The summed E-state index contributed by atoms with van der Waals surface area (Å²) < 4.78 is 50.2. The van der Waals surface area contributed by atoms with Crippen molar-refractivity contribution in [2.45, 2.75) is 26.7 Å².